The Balaban J connectivity index is 2.20. The maximum Gasteiger partial charge on any atom is 0.340 e. The molecule has 0 spiro atoms. The summed E-state index contributed by atoms with van der Waals surface area (Å²) >= 11 is 0. The van der Waals surface area contributed by atoms with E-state index in [1.807, 2.05) is 6.07 Å². The zero-order valence-corrected chi connectivity index (χ0v) is 18.6. The van der Waals surface area contributed by atoms with Gasteiger partial charge < -0.3 is 19.5 Å². The van der Waals surface area contributed by atoms with Crippen LogP contribution in [0.15, 0.2) is 48.0 Å². The van der Waals surface area contributed by atoms with Gasteiger partial charge in [0.25, 0.3) is 5.91 Å². The van der Waals surface area contributed by atoms with E-state index >= 15 is 0 Å². The number of anilines is 1. The fourth-order valence-corrected chi connectivity index (χ4v) is 2.91. The Morgan fingerprint density at radius 2 is 1.88 bits per heavy atom. The highest BCUT2D eigenvalue weighted by Crippen LogP contribution is 2.29. The van der Waals surface area contributed by atoms with Gasteiger partial charge in [0.15, 0.2) is 11.5 Å². The predicted molar refractivity (Wildman–Crippen MR) is 123 cm³/mol. The van der Waals surface area contributed by atoms with Gasteiger partial charge in [-0.15, -0.1) is 0 Å². The number of carbonyl (C=O) groups is 2. The molecule has 2 aromatic carbocycles. The van der Waals surface area contributed by atoms with Crippen molar-refractivity contribution in [1.29, 1.82) is 5.26 Å². The molecule has 1 N–H and O–H groups in total. The molecule has 0 bridgehead atoms. The van der Waals surface area contributed by atoms with Gasteiger partial charge >= 0.3 is 5.97 Å². The Morgan fingerprint density at radius 1 is 1.09 bits per heavy atom. The second-order valence-corrected chi connectivity index (χ2v) is 6.86. The summed E-state index contributed by atoms with van der Waals surface area (Å²) in [5.74, 6) is -0.0686. The molecule has 0 aromatic heterocycles. The summed E-state index contributed by atoms with van der Waals surface area (Å²) < 4.78 is 16.2. The van der Waals surface area contributed by atoms with Crippen LogP contribution in [0.3, 0.4) is 0 Å². The number of ether oxygens (including phenoxy) is 3. The van der Waals surface area contributed by atoms with Crippen LogP contribution in [0.1, 0.15) is 49.0 Å². The molecule has 7 heteroatoms. The van der Waals surface area contributed by atoms with E-state index in [0.717, 1.165) is 19.3 Å². The van der Waals surface area contributed by atoms with Crippen molar-refractivity contribution in [2.75, 3.05) is 25.6 Å². The van der Waals surface area contributed by atoms with Crippen LogP contribution in [0.25, 0.3) is 6.08 Å². The Morgan fingerprint density at radius 3 is 2.56 bits per heavy atom. The lowest BCUT2D eigenvalue weighted by Crippen LogP contribution is -2.17. The molecule has 0 saturated heterocycles. The van der Waals surface area contributed by atoms with Crippen molar-refractivity contribution >= 4 is 23.6 Å². The van der Waals surface area contributed by atoms with Gasteiger partial charge in [-0.05, 0) is 49.2 Å². The first-order chi connectivity index (χ1) is 15.5. The number of hydrogen-bond acceptors (Lipinski definition) is 6. The predicted octanol–water partition coefficient (Wildman–Crippen LogP) is 4.99. The number of nitriles is 1. The quantitative estimate of drug-likeness (QED) is 0.231. The average Bonchev–Trinajstić information content (AvgIpc) is 2.81. The van der Waals surface area contributed by atoms with Gasteiger partial charge in [-0.1, -0.05) is 38.0 Å². The Bertz CT molecular complexity index is 1010. The van der Waals surface area contributed by atoms with Crippen LogP contribution in [0, 0.1) is 11.3 Å². The number of nitrogens with zero attached hydrogens (tertiary/aromatic N) is 1. The van der Waals surface area contributed by atoms with Gasteiger partial charge in [0, 0.05) is 0 Å². The summed E-state index contributed by atoms with van der Waals surface area (Å²) in [6, 6.07) is 13.6. The zero-order valence-electron chi connectivity index (χ0n) is 18.6. The van der Waals surface area contributed by atoms with Gasteiger partial charge in [0.2, 0.25) is 0 Å². The minimum Gasteiger partial charge on any atom is -0.493 e. The first kappa shape index (κ1) is 24.5. The number of unbranched alkanes of at least 4 members (excludes halogenated alkanes) is 2. The van der Waals surface area contributed by atoms with Crippen LogP contribution >= 0.6 is 0 Å². The van der Waals surface area contributed by atoms with E-state index in [4.69, 9.17) is 14.2 Å². The van der Waals surface area contributed by atoms with Crippen LogP contribution in [0.5, 0.6) is 11.5 Å². The second-order valence-electron chi connectivity index (χ2n) is 6.86. The molecular formula is C25H28N2O5. The summed E-state index contributed by atoms with van der Waals surface area (Å²) in [6.07, 6.45) is 4.59. The van der Waals surface area contributed by atoms with Gasteiger partial charge in [-0.2, -0.15) is 5.26 Å². The molecular weight excluding hydrogens is 408 g/mol. The Hall–Kier alpha value is -3.79. The van der Waals surface area contributed by atoms with Crippen molar-refractivity contribution in [2.24, 2.45) is 0 Å². The third-order valence-electron chi connectivity index (χ3n) is 4.54. The van der Waals surface area contributed by atoms with Crippen LogP contribution in [-0.4, -0.2) is 32.2 Å². The van der Waals surface area contributed by atoms with Crippen molar-refractivity contribution in [3.63, 3.8) is 0 Å². The smallest absolute Gasteiger partial charge is 0.340 e. The molecule has 0 heterocycles. The maximum absolute atomic E-state index is 12.7. The minimum absolute atomic E-state index is 0.123. The fraction of sp³-hybridized carbons (Fsp3) is 0.320. The molecule has 1 amide bonds. The number of amides is 1. The van der Waals surface area contributed by atoms with E-state index in [2.05, 4.69) is 12.2 Å². The summed E-state index contributed by atoms with van der Waals surface area (Å²) in [7, 11) is 1.53. The lowest BCUT2D eigenvalue weighted by molar-refractivity contribution is -0.112. The second kappa shape index (κ2) is 12.8. The van der Waals surface area contributed by atoms with Gasteiger partial charge in [0.05, 0.1) is 31.6 Å². The molecule has 2 rings (SSSR count). The highest BCUT2D eigenvalue weighted by atomic mass is 16.5. The molecule has 0 aliphatic carbocycles. The van der Waals surface area contributed by atoms with Crippen molar-refractivity contribution in [3.8, 4) is 17.6 Å². The molecule has 0 atom stereocenters. The summed E-state index contributed by atoms with van der Waals surface area (Å²) in [5, 5.41) is 12.1. The first-order valence-corrected chi connectivity index (χ1v) is 10.5. The van der Waals surface area contributed by atoms with E-state index in [0.29, 0.717) is 23.7 Å². The average molecular weight is 437 g/mol. The lowest BCUT2D eigenvalue weighted by Gasteiger charge is -2.12. The van der Waals surface area contributed by atoms with Crippen LogP contribution in [0.2, 0.25) is 0 Å². The molecule has 0 fully saturated rings. The molecule has 0 unspecified atom stereocenters. The number of nitrogens with one attached hydrogen (secondary N) is 1. The highest BCUT2D eigenvalue weighted by Gasteiger charge is 2.16. The number of para-hydroxylation sites is 1. The third kappa shape index (κ3) is 6.88. The van der Waals surface area contributed by atoms with Gasteiger partial charge in [0.1, 0.15) is 11.6 Å². The number of rotatable bonds is 11. The topological polar surface area (TPSA) is 97.7 Å². The number of methoxy groups -OCH3 is 1. The van der Waals surface area contributed by atoms with Crippen molar-refractivity contribution in [2.45, 2.75) is 33.1 Å². The summed E-state index contributed by atoms with van der Waals surface area (Å²) in [5.41, 5.74) is 0.965. The van der Waals surface area contributed by atoms with Crippen LogP contribution in [-0.2, 0) is 9.53 Å². The van der Waals surface area contributed by atoms with Crippen LogP contribution < -0.4 is 14.8 Å². The monoisotopic (exact) mass is 436 g/mol. The Labute approximate surface area is 188 Å². The van der Waals surface area contributed by atoms with Crippen molar-refractivity contribution in [3.05, 3.63) is 59.2 Å². The standard InChI is InChI=1S/C25H28N2O5/c1-4-6-9-14-32-22-13-12-18(16-23(22)30-3)15-19(17-26)24(28)27-21-11-8-7-10-20(21)25(29)31-5-2/h7-8,10-13,15-16H,4-6,9,14H2,1-3H3,(H,27,28)/b19-15-. The van der Waals surface area contributed by atoms with E-state index in [-0.39, 0.29) is 23.4 Å². The fourth-order valence-electron chi connectivity index (χ4n) is 2.91. The van der Waals surface area contributed by atoms with Gasteiger partial charge in [-0.25, -0.2) is 4.79 Å². The van der Waals surface area contributed by atoms with E-state index in [1.54, 1.807) is 49.4 Å². The molecule has 0 aliphatic rings. The number of hydrogen-bond donors (Lipinski definition) is 1. The minimum atomic E-state index is -0.636. The van der Waals surface area contributed by atoms with Crippen LogP contribution in [0.4, 0.5) is 5.69 Å². The number of benzene rings is 2. The highest BCUT2D eigenvalue weighted by molar-refractivity contribution is 6.12. The van der Waals surface area contributed by atoms with Gasteiger partial charge in [-0.3, -0.25) is 4.79 Å². The molecule has 0 saturated carbocycles. The summed E-state index contributed by atoms with van der Waals surface area (Å²) in [6.45, 7) is 4.63. The summed E-state index contributed by atoms with van der Waals surface area (Å²) in [4.78, 5) is 24.8. The number of esters is 1. The normalized spacial score (nSPS) is 10.8. The zero-order chi connectivity index (χ0) is 23.3. The van der Waals surface area contributed by atoms with E-state index < -0.39 is 11.9 Å². The maximum atomic E-state index is 12.7. The van der Waals surface area contributed by atoms with Crippen molar-refractivity contribution < 1.29 is 23.8 Å². The Kier molecular flexibility index (Phi) is 9.79. The molecule has 32 heavy (non-hydrogen) atoms. The van der Waals surface area contributed by atoms with Crippen molar-refractivity contribution in [1.82, 2.24) is 0 Å². The van der Waals surface area contributed by atoms with E-state index in [1.165, 1.54) is 13.2 Å². The third-order valence-corrected chi connectivity index (χ3v) is 4.54. The molecule has 0 radical (unpaired) electrons. The lowest BCUT2D eigenvalue weighted by atomic mass is 10.1. The molecule has 168 valence electrons. The SMILES string of the molecule is CCCCCOc1ccc(/C=C(/C#N)C(=O)Nc2ccccc2C(=O)OCC)cc1OC. The largest absolute Gasteiger partial charge is 0.493 e. The van der Waals surface area contributed by atoms with E-state index in [9.17, 15) is 14.9 Å². The molecule has 7 nitrogen and oxygen atoms in total. The first-order valence-electron chi connectivity index (χ1n) is 10.5. The number of carbonyl (C=O) groups excluding carboxylic acids is 2. The molecule has 2 aromatic rings. The molecule has 0 aliphatic heterocycles.